The molecule has 0 radical (unpaired) electrons. The Bertz CT molecular complexity index is 338. The van der Waals surface area contributed by atoms with Gasteiger partial charge in [-0.3, -0.25) is 14.4 Å². The third kappa shape index (κ3) is 6.54. The molecule has 6 nitrogen and oxygen atoms in total. The van der Waals surface area contributed by atoms with E-state index < -0.39 is 0 Å². The van der Waals surface area contributed by atoms with Crippen molar-refractivity contribution in [1.82, 2.24) is 10.6 Å². The molecule has 20 heavy (non-hydrogen) atoms. The summed E-state index contributed by atoms with van der Waals surface area (Å²) < 4.78 is 4.75. The molecular formula is C14H24N2O4. The van der Waals surface area contributed by atoms with E-state index in [1.165, 1.54) is 0 Å². The van der Waals surface area contributed by atoms with Gasteiger partial charge in [0.2, 0.25) is 11.8 Å². The lowest BCUT2D eigenvalue weighted by molar-refractivity contribution is -0.143. The van der Waals surface area contributed by atoms with Crippen molar-refractivity contribution in [2.75, 3.05) is 19.7 Å². The summed E-state index contributed by atoms with van der Waals surface area (Å²) in [6.07, 6.45) is 4.56. The molecule has 1 fully saturated rings. The van der Waals surface area contributed by atoms with Crippen LogP contribution in [0.25, 0.3) is 0 Å². The first-order valence-electron chi connectivity index (χ1n) is 7.33. The van der Waals surface area contributed by atoms with Crippen LogP contribution in [0.3, 0.4) is 0 Å². The maximum Gasteiger partial charge on any atom is 0.307 e. The van der Waals surface area contributed by atoms with E-state index in [1.807, 2.05) is 0 Å². The SMILES string of the molecule is CCOC(=O)CCNC(=O)CCNC(=O)C1CCCC1. The second-order valence-electron chi connectivity index (χ2n) is 4.93. The van der Waals surface area contributed by atoms with Crippen LogP contribution < -0.4 is 10.6 Å². The summed E-state index contributed by atoms with van der Waals surface area (Å²) >= 11 is 0. The van der Waals surface area contributed by atoms with Crippen LogP contribution in [0.2, 0.25) is 0 Å². The van der Waals surface area contributed by atoms with Gasteiger partial charge in [0.1, 0.15) is 0 Å². The Morgan fingerprint density at radius 3 is 2.35 bits per heavy atom. The van der Waals surface area contributed by atoms with Gasteiger partial charge in [0.25, 0.3) is 0 Å². The van der Waals surface area contributed by atoms with Crippen molar-refractivity contribution < 1.29 is 19.1 Å². The number of esters is 1. The van der Waals surface area contributed by atoms with E-state index in [4.69, 9.17) is 4.74 Å². The van der Waals surface area contributed by atoms with Crippen molar-refractivity contribution in [3.8, 4) is 0 Å². The van der Waals surface area contributed by atoms with E-state index in [0.29, 0.717) is 13.2 Å². The molecule has 1 saturated carbocycles. The van der Waals surface area contributed by atoms with Gasteiger partial charge in [-0.25, -0.2) is 0 Å². The molecule has 0 aromatic rings. The van der Waals surface area contributed by atoms with Gasteiger partial charge in [-0.05, 0) is 19.8 Å². The van der Waals surface area contributed by atoms with Gasteiger partial charge < -0.3 is 15.4 Å². The molecule has 0 aromatic carbocycles. The van der Waals surface area contributed by atoms with E-state index in [1.54, 1.807) is 6.92 Å². The fourth-order valence-electron chi connectivity index (χ4n) is 2.26. The minimum atomic E-state index is -0.317. The summed E-state index contributed by atoms with van der Waals surface area (Å²) in [6.45, 7) is 2.71. The third-order valence-corrected chi connectivity index (χ3v) is 3.33. The number of hydrogen-bond acceptors (Lipinski definition) is 4. The van der Waals surface area contributed by atoms with Crippen molar-refractivity contribution in [2.24, 2.45) is 5.92 Å². The number of rotatable bonds is 8. The molecule has 0 spiro atoms. The maximum absolute atomic E-state index is 11.7. The Morgan fingerprint density at radius 2 is 1.70 bits per heavy atom. The van der Waals surface area contributed by atoms with Crippen LogP contribution in [-0.2, 0) is 19.1 Å². The van der Waals surface area contributed by atoms with E-state index in [2.05, 4.69) is 10.6 Å². The predicted molar refractivity (Wildman–Crippen MR) is 73.8 cm³/mol. The van der Waals surface area contributed by atoms with Gasteiger partial charge in [0.05, 0.1) is 13.0 Å². The number of amides is 2. The van der Waals surface area contributed by atoms with Crippen LogP contribution in [0.15, 0.2) is 0 Å². The largest absolute Gasteiger partial charge is 0.466 e. The fraction of sp³-hybridized carbons (Fsp3) is 0.786. The first-order chi connectivity index (χ1) is 9.63. The molecule has 0 aliphatic heterocycles. The Hall–Kier alpha value is -1.59. The molecule has 0 unspecified atom stereocenters. The number of nitrogens with one attached hydrogen (secondary N) is 2. The molecule has 1 aliphatic carbocycles. The smallest absolute Gasteiger partial charge is 0.307 e. The normalized spacial score (nSPS) is 14.8. The Balaban J connectivity index is 2.02. The minimum Gasteiger partial charge on any atom is -0.466 e. The zero-order chi connectivity index (χ0) is 14.8. The lowest BCUT2D eigenvalue weighted by atomic mass is 10.1. The van der Waals surface area contributed by atoms with Gasteiger partial charge in [0.15, 0.2) is 0 Å². The summed E-state index contributed by atoms with van der Waals surface area (Å²) in [5, 5.41) is 5.41. The second-order valence-corrected chi connectivity index (χ2v) is 4.93. The molecule has 0 atom stereocenters. The number of carbonyl (C=O) groups is 3. The van der Waals surface area contributed by atoms with Crippen LogP contribution >= 0.6 is 0 Å². The summed E-state index contributed by atoms with van der Waals surface area (Å²) in [5.74, 6) is -0.299. The quantitative estimate of drug-likeness (QED) is 0.644. The predicted octanol–water partition coefficient (Wildman–Crippen LogP) is 0.752. The number of carbonyl (C=O) groups excluding carboxylic acids is 3. The van der Waals surface area contributed by atoms with Gasteiger partial charge >= 0.3 is 5.97 Å². The molecule has 0 heterocycles. The van der Waals surface area contributed by atoms with Gasteiger partial charge in [-0.15, -0.1) is 0 Å². The summed E-state index contributed by atoms with van der Waals surface area (Å²) in [7, 11) is 0. The first kappa shape index (κ1) is 16.5. The van der Waals surface area contributed by atoms with Crippen LogP contribution in [0.4, 0.5) is 0 Å². The molecule has 0 bridgehead atoms. The molecule has 2 N–H and O–H groups in total. The molecular weight excluding hydrogens is 260 g/mol. The summed E-state index contributed by atoms with van der Waals surface area (Å²) in [6, 6.07) is 0. The van der Waals surface area contributed by atoms with Crippen LogP contribution in [0.1, 0.15) is 45.4 Å². The summed E-state index contributed by atoms with van der Waals surface area (Å²) in [5.41, 5.74) is 0. The number of ether oxygens (including phenoxy) is 1. The van der Waals surface area contributed by atoms with E-state index in [0.717, 1.165) is 25.7 Å². The lowest BCUT2D eigenvalue weighted by Gasteiger charge is -2.10. The van der Waals surface area contributed by atoms with Crippen molar-refractivity contribution in [3.05, 3.63) is 0 Å². The average molecular weight is 284 g/mol. The maximum atomic E-state index is 11.7. The van der Waals surface area contributed by atoms with Crippen molar-refractivity contribution in [2.45, 2.75) is 45.4 Å². The highest BCUT2D eigenvalue weighted by molar-refractivity contribution is 5.80. The van der Waals surface area contributed by atoms with Crippen molar-refractivity contribution in [1.29, 1.82) is 0 Å². The van der Waals surface area contributed by atoms with E-state index in [9.17, 15) is 14.4 Å². The standard InChI is InChI=1S/C14H24N2O4/c1-2-20-13(18)8-10-15-12(17)7-9-16-14(19)11-5-3-4-6-11/h11H,2-10H2,1H3,(H,15,17)(H,16,19). The molecule has 1 rings (SSSR count). The van der Waals surface area contributed by atoms with Gasteiger partial charge in [-0.2, -0.15) is 0 Å². The van der Waals surface area contributed by atoms with E-state index in [-0.39, 0.29) is 43.1 Å². The zero-order valence-electron chi connectivity index (χ0n) is 12.1. The molecule has 6 heteroatoms. The van der Waals surface area contributed by atoms with Crippen LogP contribution in [0, 0.1) is 5.92 Å². The van der Waals surface area contributed by atoms with Gasteiger partial charge in [-0.1, -0.05) is 12.8 Å². The van der Waals surface area contributed by atoms with Crippen molar-refractivity contribution in [3.63, 3.8) is 0 Å². The molecule has 0 aromatic heterocycles. The lowest BCUT2D eigenvalue weighted by Crippen LogP contribution is -2.34. The average Bonchev–Trinajstić information content (AvgIpc) is 2.93. The van der Waals surface area contributed by atoms with Gasteiger partial charge in [0, 0.05) is 25.4 Å². The zero-order valence-corrected chi connectivity index (χ0v) is 12.1. The highest BCUT2D eigenvalue weighted by Gasteiger charge is 2.22. The Morgan fingerprint density at radius 1 is 1.05 bits per heavy atom. The molecule has 1 aliphatic rings. The summed E-state index contributed by atoms with van der Waals surface area (Å²) in [4.78, 5) is 34.2. The Kier molecular flexibility index (Phi) is 7.69. The van der Waals surface area contributed by atoms with Crippen LogP contribution in [0.5, 0.6) is 0 Å². The van der Waals surface area contributed by atoms with Crippen LogP contribution in [-0.4, -0.2) is 37.5 Å². The number of hydrogen-bond donors (Lipinski definition) is 2. The monoisotopic (exact) mass is 284 g/mol. The van der Waals surface area contributed by atoms with Crippen molar-refractivity contribution >= 4 is 17.8 Å². The Labute approximate surface area is 119 Å². The highest BCUT2D eigenvalue weighted by atomic mass is 16.5. The third-order valence-electron chi connectivity index (χ3n) is 3.33. The first-order valence-corrected chi connectivity index (χ1v) is 7.33. The topological polar surface area (TPSA) is 84.5 Å². The highest BCUT2D eigenvalue weighted by Crippen LogP contribution is 2.24. The minimum absolute atomic E-state index is 0.0572. The second kappa shape index (κ2) is 9.34. The molecule has 2 amide bonds. The fourth-order valence-corrected chi connectivity index (χ4v) is 2.26. The molecule has 114 valence electrons. The molecule has 0 saturated heterocycles. The van der Waals surface area contributed by atoms with E-state index >= 15 is 0 Å².